The number of benzene rings is 2. The topological polar surface area (TPSA) is 51.6 Å². The minimum atomic E-state index is 0. The number of fused-ring (bicyclic) bond motifs is 6. The molecule has 0 unspecified atom stereocenters. The zero-order valence-corrected chi connectivity index (χ0v) is 25.5. The molecule has 0 saturated carbocycles. The Bertz CT molecular complexity index is 1750. The molecule has 0 spiro atoms. The monoisotopic (exact) mass is 603 g/mol. The molecule has 4 heterocycles. The van der Waals surface area contributed by atoms with Crippen molar-refractivity contribution in [1.29, 1.82) is 0 Å². The predicted molar refractivity (Wildman–Crippen MR) is 150 cm³/mol. The van der Waals surface area contributed by atoms with Gasteiger partial charge in [0.2, 0.25) is 0 Å². The van der Waals surface area contributed by atoms with E-state index < -0.39 is 0 Å². The summed E-state index contributed by atoms with van der Waals surface area (Å²) < 4.78 is 0. The third-order valence-electron chi connectivity index (χ3n) is 5.13. The summed E-state index contributed by atoms with van der Waals surface area (Å²) in [7, 11) is 0. The Kier molecular flexibility index (Phi) is 9.00. The Hall–Kier alpha value is -0.544. The number of aromatic nitrogens is 4. The molecule has 35 heavy (non-hydrogen) atoms. The second-order valence-electron chi connectivity index (χ2n) is 7.11. The summed E-state index contributed by atoms with van der Waals surface area (Å²) in [5.41, 5.74) is 2.81. The van der Waals surface area contributed by atoms with Crippen molar-refractivity contribution in [1.82, 2.24) is 19.9 Å². The quantitative estimate of drug-likeness (QED) is 0.0984. The molecule has 0 aliphatic rings. The molecular formula is C24H10Cl6KN4. The molecule has 4 nitrogen and oxygen atoms in total. The van der Waals surface area contributed by atoms with Gasteiger partial charge in [0.25, 0.3) is 0 Å². The van der Waals surface area contributed by atoms with Crippen LogP contribution in [0.5, 0.6) is 0 Å². The Balaban J connectivity index is 0.000000164. The van der Waals surface area contributed by atoms with Crippen LogP contribution >= 0.6 is 69.6 Å². The smallest absolute Gasteiger partial charge is 0.149 e. The maximum atomic E-state index is 6.25. The first-order valence-corrected chi connectivity index (χ1v) is 12.0. The largest absolute Gasteiger partial charge is 0.254 e. The van der Waals surface area contributed by atoms with E-state index in [2.05, 4.69) is 19.9 Å². The summed E-state index contributed by atoms with van der Waals surface area (Å²) in [6.07, 6.45) is 5.15. The number of hydrogen-bond acceptors (Lipinski definition) is 4. The molecule has 0 amide bonds. The van der Waals surface area contributed by atoms with Crippen molar-refractivity contribution in [3.63, 3.8) is 0 Å². The van der Waals surface area contributed by atoms with E-state index in [0.717, 1.165) is 26.8 Å². The number of halogens is 6. The van der Waals surface area contributed by atoms with Crippen molar-refractivity contribution in [2.75, 3.05) is 0 Å². The summed E-state index contributed by atoms with van der Waals surface area (Å²) in [6, 6.07) is 13.2. The minimum Gasteiger partial charge on any atom is -0.254 e. The maximum Gasteiger partial charge on any atom is 0.149 e. The molecule has 11 heteroatoms. The van der Waals surface area contributed by atoms with E-state index in [1.165, 1.54) is 0 Å². The molecule has 0 aliphatic carbocycles. The van der Waals surface area contributed by atoms with E-state index in [-0.39, 0.29) is 71.6 Å². The van der Waals surface area contributed by atoms with Crippen LogP contribution in [0.3, 0.4) is 0 Å². The van der Waals surface area contributed by atoms with Gasteiger partial charge < -0.3 is 0 Å². The van der Waals surface area contributed by atoms with Gasteiger partial charge in [-0.15, -0.1) is 0 Å². The van der Waals surface area contributed by atoms with Gasteiger partial charge in [0.15, 0.2) is 0 Å². The van der Waals surface area contributed by atoms with Crippen LogP contribution in [0.2, 0.25) is 30.3 Å². The molecule has 6 aromatic rings. The molecule has 2 aromatic carbocycles. The first-order chi connectivity index (χ1) is 16.4. The molecular weight excluding hydrogens is 596 g/mol. The van der Waals surface area contributed by atoms with Crippen LogP contribution in [0.4, 0.5) is 0 Å². The van der Waals surface area contributed by atoms with Crippen LogP contribution < -0.4 is 0 Å². The van der Waals surface area contributed by atoms with Gasteiger partial charge in [0, 0.05) is 91.5 Å². The van der Waals surface area contributed by atoms with Crippen LogP contribution in [0, 0.1) is 0 Å². The van der Waals surface area contributed by atoms with Crippen LogP contribution in [-0.2, 0) is 0 Å². The summed E-state index contributed by atoms with van der Waals surface area (Å²) in [4.78, 5) is 17.1. The Morgan fingerprint density at radius 3 is 1.77 bits per heavy atom. The number of hydrogen-bond donors (Lipinski definition) is 0. The van der Waals surface area contributed by atoms with E-state index in [4.69, 9.17) is 69.6 Å². The van der Waals surface area contributed by atoms with E-state index in [9.17, 15) is 0 Å². The van der Waals surface area contributed by atoms with Gasteiger partial charge >= 0.3 is 0 Å². The third-order valence-corrected chi connectivity index (χ3v) is 7.52. The summed E-state index contributed by atoms with van der Waals surface area (Å²) in [5.74, 6) is 0. The minimum absolute atomic E-state index is 0. The van der Waals surface area contributed by atoms with Crippen molar-refractivity contribution < 1.29 is 0 Å². The molecule has 0 atom stereocenters. The van der Waals surface area contributed by atoms with E-state index >= 15 is 0 Å². The van der Waals surface area contributed by atoms with Gasteiger partial charge in [-0.2, -0.15) is 0 Å². The fourth-order valence-corrected chi connectivity index (χ4v) is 5.10. The van der Waals surface area contributed by atoms with E-state index in [0.29, 0.717) is 26.8 Å². The van der Waals surface area contributed by atoms with Crippen molar-refractivity contribution >= 4 is 165 Å². The maximum absolute atomic E-state index is 6.25. The molecule has 0 fully saturated rings. The van der Waals surface area contributed by atoms with Gasteiger partial charge in [-0.25, -0.2) is 4.98 Å². The van der Waals surface area contributed by atoms with Gasteiger partial charge in [0.1, 0.15) is 10.7 Å². The second kappa shape index (κ2) is 11.5. The Labute approximate surface area is 272 Å². The van der Waals surface area contributed by atoms with E-state index in [1.807, 2.05) is 30.3 Å². The fraction of sp³-hybridized carbons (Fsp3) is 0. The van der Waals surface area contributed by atoms with Gasteiger partial charge in [-0.05, 0) is 36.4 Å². The number of pyridine rings is 4. The SMILES string of the molecule is Clc1cc2cccnc2c2ncccc12.Clc1nc2c(c(Cl)c1Cl)c(Cl)c(Cl)c1cccnc12.[K]. The molecule has 0 bridgehead atoms. The zero-order valence-electron chi connectivity index (χ0n) is 17.8. The fourth-order valence-electron chi connectivity index (χ4n) is 3.61. The standard InChI is InChI=1S/C12H3Cl5N2.C12H7ClN2.K/c13-6-4-2-1-3-18-10(4)11-5(7(6)14)8(15)9(16)12(17)19-11;13-10-7-8-3-1-5-14-11(8)12-9(10)4-2-6-15-12;/h1-3H;1-7H;. The van der Waals surface area contributed by atoms with Crippen LogP contribution in [-0.4, -0.2) is 71.3 Å². The summed E-state index contributed by atoms with van der Waals surface area (Å²) in [6.45, 7) is 0. The van der Waals surface area contributed by atoms with Crippen molar-refractivity contribution in [2.24, 2.45) is 0 Å². The molecule has 169 valence electrons. The van der Waals surface area contributed by atoms with Gasteiger partial charge in [0.05, 0.1) is 41.7 Å². The average molecular weight is 606 g/mol. The predicted octanol–water partition coefficient (Wildman–Crippen LogP) is 9.11. The molecule has 6 rings (SSSR count). The van der Waals surface area contributed by atoms with Crippen molar-refractivity contribution in [3.8, 4) is 0 Å². The number of rotatable bonds is 0. The first kappa shape index (κ1) is 27.5. The normalized spacial score (nSPS) is 10.9. The first-order valence-electron chi connectivity index (χ1n) is 9.72. The van der Waals surface area contributed by atoms with Gasteiger partial charge in [-0.1, -0.05) is 75.7 Å². The zero-order chi connectivity index (χ0) is 24.0. The van der Waals surface area contributed by atoms with E-state index in [1.54, 1.807) is 30.7 Å². The summed E-state index contributed by atoms with van der Waals surface area (Å²) >= 11 is 36.8. The molecule has 1 radical (unpaired) electrons. The Morgan fingerprint density at radius 1 is 0.543 bits per heavy atom. The number of nitrogens with zero attached hydrogens (tertiary/aromatic N) is 4. The van der Waals surface area contributed by atoms with Crippen LogP contribution in [0.15, 0.2) is 61.1 Å². The molecule has 4 aromatic heterocycles. The summed E-state index contributed by atoms with van der Waals surface area (Å²) in [5, 5.41) is 4.94. The van der Waals surface area contributed by atoms with Gasteiger partial charge in [-0.3, -0.25) is 15.0 Å². The molecule has 0 N–H and O–H groups in total. The van der Waals surface area contributed by atoms with Crippen molar-refractivity contribution in [3.05, 3.63) is 91.3 Å². The second-order valence-corrected chi connectivity index (χ2v) is 9.39. The average Bonchev–Trinajstić information content (AvgIpc) is 2.86. The van der Waals surface area contributed by atoms with Crippen LogP contribution in [0.25, 0.3) is 43.6 Å². The third kappa shape index (κ3) is 5.11. The van der Waals surface area contributed by atoms with Crippen molar-refractivity contribution in [2.45, 2.75) is 0 Å². The molecule has 0 aliphatic heterocycles. The van der Waals surface area contributed by atoms with Crippen LogP contribution in [0.1, 0.15) is 0 Å². The molecule has 0 saturated heterocycles. The Morgan fingerprint density at radius 2 is 1.09 bits per heavy atom.